The monoisotopic (exact) mass is 505 g/mol. The number of nitrogens with two attached hydrogens (primary N) is 1. The van der Waals surface area contributed by atoms with Gasteiger partial charge in [0, 0.05) is 13.1 Å². The lowest BCUT2D eigenvalue weighted by molar-refractivity contribution is -0.145. The highest BCUT2D eigenvalue weighted by Crippen LogP contribution is 2.43. The van der Waals surface area contributed by atoms with Gasteiger partial charge in [0.15, 0.2) is 6.35 Å². The predicted molar refractivity (Wildman–Crippen MR) is 135 cm³/mol. The minimum absolute atomic E-state index is 0.00795. The molecule has 6 atom stereocenters. The number of hydrogen-bond donors (Lipinski definition) is 5. The van der Waals surface area contributed by atoms with Crippen molar-refractivity contribution in [1.29, 1.82) is 0 Å². The molecule has 2 unspecified atom stereocenters. The van der Waals surface area contributed by atoms with Crippen molar-refractivity contribution in [3.05, 3.63) is 12.7 Å². The third kappa shape index (κ3) is 6.52. The maximum atomic E-state index is 13.7. The number of fused-ring (bicyclic) bond motifs is 1. The fourth-order valence-corrected chi connectivity index (χ4v) is 5.86. The van der Waals surface area contributed by atoms with E-state index in [-0.39, 0.29) is 30.2 Å². The maximum Gasteiger partial charge on any atom is 0.289 e. The summed E-state index contributed by atoms with van der Waals surface area (Å²) in [4.78, 5) is 54.5. The molecular weight excluding hydrogens is 462 g/mol. The molecule has 2 aliphatic carbocycles. The zero-order chi connectivity index (χ0) is 26.6. The summed E-state index contributed by atoms with van der Waals surface area (Å²) in [5.41, 5.74) is 4.99. The van der Waals surface area contributed by atoms with E-state index in [2.05, 4.69) is 22.5 Å². The number of Topliss-reactive ketones (excluding diaryl/α,β-unsaturated/α-hetero) is 1. The molecule has 0 aromatic rings. The van der Waals surface area contributed by atoms with Crippen molar-refractivity contribution in [3.63, 3.8) is 0 Å². The molecule has 0 aromatic heterocycles. The molecule has 6 N–H and O–H groups in total. The van der Waals surface area contributed by atoms with E-state index in [0.29, 0.717) is 13.0 Å². The van der Waals surface area contributed by atoms with Crippen LogP contribution in [0.3, 0.4) is 0 Å². The minimum Gasteiger partial charge on any atom is -0.366 e. The van der Waals surface area contributed by atoms with Gasteiger partial charge in [-0.05, 0) is 42.4 Å². The van der Waals surface area contributed by atoms with Crippen LogP contribution in [0.2, 0.25) is 0 Å². The van der Waals surface area contributed by atoms with E-state index >= 15 is 0 Å². The Balaban J connectivity index is 1.82. The number of carbonyl (C=O) groups is 4. The van der Waals surface area contributed by atoms with Crippen LogP contribution in [0.5, 0.6) is 0 Å². The summed E-state index contributed by atoms with van der Waals surface area (Å²) in [6.07, 6.45) is 6.26. The van der Waals surface area contributed by atoms with Gasteiger partial charge in [0.1, 0.15) is 6.04 Å². The summed E-state index contributed by atoms with van der Waals surface area (Å²) < 4.78 is 0. The van der Waals surface area contributed by atoms with Crippen LogP contribution in [0.15, 0.2) is 12.7 Å². The Bertz CT molecular complexity index is 850. The second-order valence-electron chi connectivity index (χ2n) is 11.7. The molecule has 10 nitrogen and oxygen atoms in total. The summed E-state index contributed by atoms with van der Waals surface area (Å²) in [6.45, 7) is 9.76. The standard InChI is InChI=1S/C26H43N5O5/c1-5-12-28-23(34)20(32)18(13-15-8-6-9-15)29-22(33)19-17-11-7-10-16(17)14-31(19)24(35)21(26(2,3)4)30-25(27)36/h5,15-19,21,25,30,36H,1,6-14,27H2,2-4H3,(H,28,34)(H,29,33)/t16-,17-,18?,19-,21+,25?/m0/s1. The Hall–Kier alpha value is -2.30. The van der Waals surface area contributed by atoms with Gasteiger partial charge in [-0.15, -0.1) is 6.58 Å². The first kappa shape index (κ1) is 28.3. The number of ketones is 1. The van der Waals surface area contributed by atoms with E-state index in [1.165, 1.54) is 6.08 Å². The Morgan fingerprint density at radius 1 is 1.14 bits per heavy atom. The molecule has 36 heavy (non-hydrogen) atoms. The van der Waals surface area contributed by atoms with Gasteiger partial charge in [-0.1, -0.05) is 52.5 Å². The molecule has 3 fully saturated rings. The number of aliphatic hydroxyl groups is 1. The second-order valence-corrected chi connectivity index (χ2v) is 11.7. The zero-order valence-corrected chi connectivity index (χ0v) is 21.8. The van der Waals surface area contributed by atoms with Crippen LogP contribution in [0, 0.1) is 23.2 Å². The molecule has 0 spiro atoms. The summed E-state index contributed by atoms with van der Waals surface area (Å²) >= 11 is 0. The lowest BCUT2D eigenvalue weighted by atomic mass is 9.80. The third-order valence-corrected chi connectivity index (χ3v) is 7.95. The predicted octanol–water partition coefficient (Wildman–Crippen LogP) is 0.399. The summed E-state index contributed by atoms with van der Waals surface area (Å²) in [6, 6.07) is -2.48. The Morgan fingerprint density at radius 2 is 1.81 bits per heavy atom. The highest BCUT2D eigenvalue weighted by Gasteiger charge is 2.52. The van der Waals surface area contributed by atoms with Gasteiger partial charge in [-0.25, -0.2) is 0 Å². The topological polar surface area (TPSA) is 154 Å². The van der Waals surface area contributed by atoms with Crippen LogP contribution in [0.4, 0.5) is 0 Å². The molecule has 3 rings (SSSR count). The molecular formula is C26H43N5O5. The van der Waals surface area contributed by atoms with Crippen LogP contribution >= 0.6 is 0 Å². The molecule has 1 heterocycles. The quantitative estimate of drug-likeness (QED) is 0.155. The number of aliphatic hydroxyl groups excluding tert-OH is 1. The van der Waals surface area contributed by atoms with Crippen LogP contribution in [-0.2, 0) is 19.2 Å². The number of carbonyl (C=O) groups excluding carboxylic acids is 4. The highest BCUT2D eigenvalue weighted by atomic mass is 16.3. The van der Waals surface area contributed by atoms with Crippen molar-refractivity contribution < 1.29 is 24.3 Å². The molecule has 0 bridgehead atoms. The first-order valence-electron chi connectivity index (χ1n) is 13.2. The van der Waals surface area contributed by atoms with E-state index < -0.39 is 47.5 Å². The van der Waals surface area contributed by atoms with Gasteiger partial charge in [0.2, 0.25) is 17.6 Å². The number of nitrogens with zero attached hydrogens (tertiary/aromatic N) is 1. The average molecular weight is 506 g/mol. The van der Waals surface area contributed by atoms with E-state index in [1.807, 2.05) is 20.8 Å². The lowest BCUT2D eigenvalue weighted by Gasteiger charge is -2.37. The number of rotatable bonds is 11. The Kier molecular flexibility index (Phi) is 9.29. The molecule has 0 aromatic carbocycles. The van der Waals surface area contributed by atoms with Crippen LogP contribution in [-0.4, -0.2) is 71.1 Å². The number of likely N-dealkylation sites (tertiary alicyclic amines) is 1. The second kappa shape index (κ2) is 11.8. The summed E-state index contributed by atoms with van der Waals surface area (Å²) in [5, 5.41) is 17.9. The largest absolute Gasteiger partial charge is 0.366 e. The SMILES string of the molecule is C=CCNC(=O)C(=O)C(CC1CCC1)NC(=O)[C@@H]1[C@H]2CCC[C@H]2CN1C(=O)[C@@H](NC(N)O)C(C)(C)C. The van der Waals surface area contributed by atoms with E-state index in [0.717, 1.165) is 38.5 Å². The summed E-state index contributed by atoms with van der Waals surface area (Å²) in [5.74, 6) is -1.63. The maximum absolute atomic E-state index is 13.7. The first-order valence-corrected chi connectivity index (χ1v) is 13.2. The van der Waals surface area contributed by atoms with Gasteiger partial charge >= 0.3 is 0 Å². The number of hydrogen-bond acceptors (Lipinski definition) is 7. The van der Waals surface area contributed by atoms with Crippen molar-refractivity contribution in [3.8, 4) is 0 Å². The van der Waals surface area contributed by atoms with Crippen LogP contribution in [0.1, 0.15) is 65.7 Å². The van der Waals surface area contributed by atoms with Crippen molar-refractivity contribution >= 4 is 23.5 Å². The molecule has 3 amide bonds. The van der Waals surface area contributed by atoms with E-state index in [1.54, 1.807) is 4.90 Å². The van der Waals surface area contributed by atoms with Crippen molar-refractivity contribution in [2.24, 2.45) is 28.9 Å². The molecule has 1 saturated heterocycles. The normalized spacial score (nSPS) is 26.4. The summed E-state index contributed by atoms with van der Waals surface area (Å²) in [7, 11) is 0. The van der Waals surface area contributed by atoms with Gasteiger partial charge in [-0.2, -0.15) is 0 Å². The molecule has 1 aliphatic heterocycles. The van der Waals surface area contributed by atoms with E-state index in [9.17, 15) is 24.3 Å². The third-order valence-electron chi connectivity index (χ3n) is 7.95. The molecule has 3 aliphatic rings. The molecule has 10 heteroatoms. The Morgan fingerprint density at radius 3 is 2.36 bits per heavy atom. The zero-order valence-electron chi connectivity index (χ0n) is 21.8. The average Bonchev–Trinajstić information content (AvgIpc) is 3.36. The van der Waals surface area contributed by atoms with Gasteiger partial charge in [0.05, 0.1) is 12.1 Å². The fourth-order valence-electron chi connectivity index (χ4n) is 5.86. The van der Waals surface area contributed by atoms with Crippen molar-refractivity contribution in [1.82, 2.24) is 20.9 Å². The molecule has 202 valence electrons. The minimum atomic E-state index is -1.38. The first-order chi connectivity index (χ1) is 16.9. The van der Waals surface area contributed by atoms with E-state index in [4.69, 9.17) is 5.73 Å². The van der Waals surface area contributed by atoms with Crippen molar-refractivity contribution in [2.75, 3.05) is 13.1 Å². The fraction of sp³-hybridized carbons (Fsp3) is 0.769. The van der Waals surface area contributed by atoms with Crippen LogP contribution in [0.25, 0.3) is 0 Å². The van der Waals surface area contributed by atoms with Gasteiger partial charge in [-0.3, -0.25) is 30.2 Å². The molecule has 0 radical (unpaired) electrons. The molecule has 2 saturated carbocycles. The number of nitrogens with one attached hydrogen (secondary N) is 3. The number of amides is 3. The smallest absolute Gasteiger partial charge is 0.289 e. The Labute approximate surface area is 213 Å². The van der Waals surface area contributed by atoms with Gasteiger partial charge in [0.25, 0.3) is 5.91 Å². The highest BCUT2D eigenvalue weighted by molar-refractivity contribution is 6.38. The van der Waals surface area contributed by atoms with Crippen LogP contribution < -0.4 is 21.7 Å². The van der Waals surface area contributed by atoms with Crippen molar-refractivity contribution in [2.45, 2.75) is 90.2 Å². The lowest BCUT2D eigenvalue weighted by Crippen LogP contribution is -2.61. The van der Waals surface area contributed by atoms with Gasteiger partial charge < -0.3 is 20.6 Å².